The molecule has 3 rings (SSSR count). The number of nitrogens with zero attached hydrogens (tertiary/aromatic N) is 3. The van der Waals surface area contributed by atoms with Crippen LogP contribution in [0.15, 0.2) is 27.8 Å². The molecule has 1 aromatic heterocycles. The Morgan fingerprint density at radius 2 is 2.00 bits per heavy atom. The summed E-state index contributed by atoms with van der Waals surface area (Å²) in [6.07, 6.45) is 9.13. The van der Waals surface area contributed by atoms with Gasteiger partial charge in [-0.3, -0.25) is 9.69 Å². The van der Waals surface area contributed by atoms with Crippen LogP contribution in [0.25, 0.3) is 0 Å². The molecule has 30 heavy (non-hydrogen) atoms. The van der Waals surface area contributed by atoms with Crippen LogP contribution in [-0.2, 0) is 4.79 Å². The maximum absolute atomic E-state index is 12.1. The number of guanidine groups is 1. The highest BCUT2D eigenvalue weighted by Crippen LogP contribution is 2.25. The summed E-state index contributed by atoms with van der Waals surface area (Å²) in [5.74, 6) is 2.33. The average molecular weight is 531 g/mol. The number of carbonyl (C=O) groups is 1. The molecule has 1 amide bonds. The first-order chi connectivity index (χ1) is 14.0. The predicted molar refractivity (Wildman–Crippen MR) is 131 cm³/mol. The van der Waals surface area contributed by atoms with Gasteiger partial charge in [-0.2, -0.15) is 0 Å². The molecule has 0 radical (unpaired) electrons. The van der Waals surface area contributed by atoms with Crippen LogP contribution >= 0.6 is 24.0 Å². The molecular weight excluding hydrogens is 493 g/mol. The molecule has 170 valence electrons. The minimum absolute atomic E-state index is 0. The van der Waals surface area contributed by atoms with Crippen LogP contribution in [0.2, 0.25) is 0 Å². The second kappa shape index (κ2) is 12.5. The number of aliphatic imine (C=N–C) groups is 1. The Hall–Kier alpha value is -1.29. The van der Waals surface area contributed by atoms with Gasteiger partial charge in [-0.25, -0.2) is 4.99 Å². The summed E-state index contributed by atoms with van der Waals surface area (Å²) in [6.45, 7) is 5.34. The van der Waals surface area contributed by atoms with Gasteiger partial charge >= 0.3 is 0 Å². The van der Waals surface area contributed by atoms with E-state index in [-0.39, 0.29) is 42.5 Å². The number of amides is 1. The number of halogens is 1. The van der Waals surface area contributed by atoms with E-state index in [2.05, 4.69) is 27.4 Å². The molecule has 1 aliphatic heterocycles. The highest BCUT2D eigenvalue weighted by molar-refractivity contribution is 14.0. The molecule has 2 fully saturated rings. The van der Waals surface area contributed by atoms with Gasteiger partial charge in [0.25, 0.3) is 0 Å². The number of rotatable bonds is 7. The lowest BCUT2D eigenvalue weighted by molar-refractivity contribution is -0.127. The van der Waals surface area contributed by atoms with Gasteiger partial charge in [0.05, 0.1) is 12.3 Å². The van der Waals surface area contributed by atoms with Gasteiger partial charge in [0.1, 0.15) is 12.3 Å². The molecule has 2 heterocycles. The molecule has 8 heteroatoms. The summed E-state index contributed by atoms with van der Waals surface area (Å²) in [4.78, 5) is 20.7. The molecule has 1 aromatic rings. The summed E-state index contributed by atoms with van der Waals surface area (Å²) in [5.41, 5.74) is 0. The maximum Gasteiger partial charge on any atom is 0.243 e. The van der Waals surface area contributed by atoms with E-state index in [1.165, 1.54) is 32.1 Å². The van der Waals surface area contributed by atoms with Crippen LogP contribution in [-0.4, -0.2) is 68.0 Å². The third-order valence-electron chi connectivity index (χ3n) is 6.22. The quantitative estimate of drug-likeness (QED) is 0.321. The van der Waals surface area contributed by atoms with Crippen molar-refractivity contribution in [3.05, 3.63) is 24.2 Å². The van der Waals surface area contributed by atoms with Gasteiger partial charge in [0.15, 0.2) is 5.96 Å². The minimum atomic E-state index is 0. The number of likely N-dealkylation sites (N-methyl/N-ethyl adjacent to an activating group) is 1. The van der Waals surface area contributed by atoms with E-state index >= 15 is 0 Å². The fourth-order valence-electron chi connectivity index (χ4n) is 4.28. The lowest BCUT2D eigenvalue weighted by Gasteiger charge is -2.32. The second-order valence-electron chi connectivity index (χ2n) is 8.62. The van der Waals surface area contributed by atoms with Gasteiger partial charge in [-0.05, 0) is 56.8 Å². The monoisotopic (exact) mass is 531 g/mol. The number of hydrogen-bond acceptors (Lipinski definition) is 4. The van der Waals surface area contributed by atoms with E-state index in [0.29, 0.717) is 18.5 Å². The first-order valence-electron chi connectivity index (χ1n) is 11.1. The van der Waals surface area contributed by atoms with Crippen LogP contribution in [0.1, 0.15) is 57.3 Å². The van der Waals surface area contributed by atoms with Crippen LogP contribution in [0.4, 0.5) is 0 Å². The Labute approximate surface area is 198 Å². The van der Waals surface area contributed by atoms with Crippen molar-refractivity contribution in [1.82, 2.24) is 20.4 Å². The molecule has 0 aromatic carbocycles. The largest absolute Gasteiger partial charge is 0.468 e. The lowest BCUT2D eigenvalue weighted by atomic mass is 9.86. The molecule has 7 nitrogen and oxygen atoms in total. The Balaban J connectivity index is 0.00000320. The van der Waals surface area contributed by atoms with Crippen LogP contribution in [0.3, 0.4) is 0 Å². The Bertz CT molecular complexity index is 658. The summed E-state index contributed by atoms with van der Waals surface area (Å²) < 4.78 is 5.73. The zero-order valence-electron chi connectivity index (χ0n) is 18.6. The summed E-state index contributed by atoms with van der Waals surface area (Å²) in [5, 5.41) is 7.12. The average Bonchev–Trinajstić information content (AvgIpc) is 3.42. The first-order valence-corrected chi connectivity index (χ1v) is 11.1. The third-order valence-corrected chi connectivity index (χ3v) is 6.22. The summed E-state index contributed by atoms with van der Waals surface area (Å²) >= 11 is 0. The molecule has 0 spiro atoms. The highest BCUT2D eigenvalue weighted by atomic mass is 127. The fraction of sp³-hybridized carbons (Fsp3) is 0.727. The van der Waals surface area contributed by atoms with Crippen LogP contribution in [0.5, 0.6) is 0 Å². The van der Waals surface area contributed by atoms with Crippen molar-refractivity contribution in [2.24, 2.45) is 10.9 Å². The zero-order chi connectivity index (χ0) is 20.6. The van der Waals surface area contributed by atoms with E-state index in [9.17, 15) is 4.79 Å². The third kappa shape index (κ3) is 7.14. The highest BCUT2D eigenvalue weighted by Gasteiger charge is 2.27. The van der Waals surface area contributed by atoms with E-state index in [4.69, 9.17) is 4.42 Å². The van der Waals surface area contributed by atoms with Crippen molar-refractivity contribution >= 4 is 35.8 Å². The Morgan fingerprint density at radius 3 is 2.63 bits per heavy atom. The van der Waals surface area contributed by atoms with Gasteiger partial charge in [0.2, 0.25) is 5.91 Å². The van der Waals surface area contributed by atoms with E-state index in [1.54, 1.807) is 25.3 Å². The smallest absolute Gasteiger partial charge is 0.243 e. The first kappa shape index (κ1) is 25.0. The molecule has 3 unspecified atom stereocenters. The molecule has 3 atom stereocenters. The Kier molecular flexibility index (Phi) is 10.4. The SMILES string of the molecule is CC1CCCCC1NC(=NCC(=O)N(C)C)NCC(c1ccco1)N1CCCC1.I. The molecule has 1 saturated heterocycles. The number of furan rings is 1. The standard InChI is InChI=1S/C22H37N5O2.HI/c1-17-9-4-5-10-18(17)25-22(24-16-21(28)26(2)3)23-15-19(20-11-8-14-29-20)27-12-6-7-13-27;/h8,11,14,17-19H,4-7,9-10,12-13,15-16H2,1-3H3,(H2,23,24,25);1H. The second-order valence-corrected chi connectivity index (χ2v) is 8.62. The molecule has 2 aliphatic rings. The van der Waals surface area contributed by atoms with Crippen molar-refractivity contribution in [3.8, 4) is 0 Å². The van der Waals surface area contributed by atoms with E-state index in [1.807, 2.05) is 12.1 Å². The Morgan fingerprint density at radius 1 is 1.27 bits per heavy atom. The zero-order valence-corrected chi connectivity index (χ0v) is 20.9. The van der Waals surface area contributed by atoms with Crippen LogP contribution < -0.4 is 10.6 Å². The number of hydrogen-bond donors (Lipinski definition) is 2. The number of likely N-dealkylation sites (tertiary alicyclic amines) is 1. The van der Waals surface area contributed by atoms with Crippen LogP contribution in [0, 0.1) is 5.92 Å². The van der Waals surface area contributed by atoms with E-state index < -0.39 is 0 Å². The van der Waals surface area contributed by atoms with Crippen molar-refractivity contribution in [1.29, 1.82) is 0 Å². The number of nitrogens with one attached hydrogen (secondary N) is 2. The van der Waals surface area contributed by atoms with Gasteiger partial charge in [-0.1, -0.05) is 19.8 Å². The van der Waals surface area contributed by atoms with Crippen molar-refractivity contribution in [2.45, 2.75) is 57.5 Å². The number of carbonyl (C=O) groups excluding carboxylic acids is 1. The molecular formula is C22H38IN5O2. The predicted octanol–water partition coefficient (Wildman–Crippen LogP) is 3.24. The normalized spacial score (nSPS) is 23.5. The van der Waals surface area contributed by atoms with Gasteiger partial charge in [-0.15, -0.1) is 24.0 Å². The van der Waals surface area contributed by atoms with Crippen molar-refractivity contribution < 1.29 is 9.21 Å². The minimum Gasteiger partial charge on any atom is -0.468 e. The van der Waals surface area contributed by atoms with Crippen molar-refractivity contribution in [3.63, 3.8) is 0 Å². The molecule has 0 bridgehead atoms. The molecule has 1 saturated carbocycles. The molecule has 1 aliphatic carbocycles. The summed E-state index contributed by atoms with van der Waals surface area (Å²) in [6, 6.07) is 4.57. The summed E-state index contributed by atoms with van der Waals surface area (Å²) in [7, 11) is 3.53. The lowest BCUT2D eigenvalue weighted by Crippen LogP contribution is -2.49. The fourth-order valence-corrected chi connectivity index (χ4v) is 4.28. The van der Waals surface area contributed by atoms with Gasteiger partial charge in [0, 0.05) is 26.7 Å². The molecule has 2 N–H and O–H groups in total. The van der Waals surface area contributed by atoms with Gasteiger partial charge < -0.3 is 20.0 Å². The maximum atomic E-state index is 12.1. The van der Waals surface area contributed by atoms with Crippen molar-refractivity contribution in [2.75, 3.05) is 40.3 Å². The van der Waals surface area contributed by atoms with E-state index in [0.717, 1.165) is 31.2 Å². The topological polar surface area (TPSA) is 73.1 Å².